The molecule has 1 aromatic heterocycles. The number of imidazole rings is 1. The maximum absolute atomic E-state index is 5.92. The molecule has 0 atom stereocenters. The Morgan fingerprint density at radius 2 is 2.00 bits per heavy atom. The van der Waals surface area contributed by atoms with Gasteiger partial charge in [0, 0.05) is 22.5 Å². The second kappa shape index (κ2) is 5.58. The quantitative estimate of drug-likeness (QED) is 0.616. The highest BCUT2D eigenvalue weighted by Gasteiger charge is 2.12. The predicted octanol–water partition coefficient (Wildman–Crippen LogP) is 4.88. The van der Waals surface area contributed by atoms with Crippen LogP contribution in [0.1, 0.15) is 11.4 Å². The van der Waals surface area contributed by atoms with E-state index in [-0.39, 0.29) is 0 Å². The number of aryl methyl sites for hydroxylation is 2. The number of fused-ring (bicyclic) bond motifs is 1. The maximum Gasteiger partial charge on any atom is 0.115 e. The third-order valence-electron chi connectivity index (χ3n) is 3.23. The minimum Gasteiger partial charge on any atom is -0.296 e. The summed E-state index contributed by atoms with van der Waals surface area (Å²) < 4.78 is 3.26. The molecule has 1 heterocycles. The van der Waals surface area contributed by atoms with Gasteiger partial charge < -0.3 is 0 Å². The summed E-state index contributed by atoms with van der Waals surface area (Å²) in [5.41, 5.74) is 4.45. The van der Waals surface area contributed by atoms with Gasteiger partial charge in [-0.25, -0.2) is 4.98 Å². The Balaban J connectivity index is 2.29. The van der Waals surface area contributed by atoms with Gasteiger partial charge in [-0.1, -0.05) is 28.1 Å². The van der Waals surface area contributed by atoms with Crippen molar-refractivity contribution in [3.05, 3.63) is 58.3 Å². The molecule has 0 aliphatic carbocycles. The van der Waals surface area contributed by atoms with Crippen LogP contribution in [-0.2, 0) is 6.42 Å². The smallest absolute Gasteiger partial charge is 0.115 e. The van der Waals surface area contributed by atoms with Gasteiger partial charge in [0.15, 0.2) is 0 Å². The third kappa shape index (κ3) is 2.48. The molecule has 102 valence electrons. The van der Waals surface area contributed by atoms with Crippen molar-refractivity contribution in [1.29, 1.82) is 0 Å². The van der Waals surface area contributed by atoms with Crippen molar-refractivity contribution in [1.82, 2.24) is 9.55 Å². The third-order valence-corrected chi connectivity index (χ3v) is 3.88. The second-order valence-electron chi connectivity index (χ2n) is 4.78. The Morgan fingerprint density at radius 3 is 2.75 bits per heavy atom. The van der Waals surface area contributed by atoms with Crippen LogP contribution < -0.4 is 0 Å². The van der Waals surface area contributed by atoms with Crippen molar-refractivity contribution in [3.8, 4) is 5.69 Å². The summed E-state index contributed by atoms with van der Waals surface area (Å²) in [6.07, 6.45) is 0.752. The molecule has 0 unspecified atom stereocenters. The SMILES string of the molecule is Cc1cc(Br)cc(-n2c(CCCl)nc3ccccc32)c1. The van der Waals surface area contributed by atoms with Gasteiger partial charge in [-0.2, -0.15) is 0 Å². The number of alkyl halides is 1. The van der Waals surface area contributed by atoms with E-state index in [4.69, 9.17) is 16.6 Å². The Labute approximate surface area is 131 Å². The number of rotatable bonds is 3. The average Bonchev–Trinajstić information content (AvgIpc) is 2.76. The molecular formula is C16H14BrClN2. The molecular weight excluding hydrogens is 336 g/mol. The number of aromatic nitrogens is 2. The van der Waals surface area contributed by atoms with Crippen LogP contribution in [0.4, 0.5) is 0 Å². The number of halogens is 2. The summed E-state index contributed by atoms with van der Waals surface area (Å²) >= 11 is 9.49. The number of hydrogen-bond donors (Lipinski definition) is 0. The number of nitrogens with zero attached hydrogens (tertiary/aromatic N) is 2. The van der Waals surface area contributed by atoms with E-state index < -0.39 is 0 Å². The maximum atomic E-state index is 5.92. The van der Waals surface area contributed by atoms with Crippen LogP contribution in [0.25, 0.3) is 16.7 Å². The second-order valence-corrected chi connectivity index (χ2v) is 6.07. The summed E-state index contributed by atoms with van der Waals surface area (Å²) in [5, 5.41) is 0. The molecule has 2 aromatic carbocycles. The van der Waals surface area contributed by atoms with E-state index in [0.29, 0.717) is 5.88 Å². The molecule has 3 rings (SSSR count). The number of benzene rings is 2. The molecule has 0 spiro atoms. The first-order valence-electron chi connectivity index (χ1n) is 6.49. The van der Waals surface area contributed by atoms with E-state index in [0.717, 1.165) is 33.4 Å². The zero-order chi connectivity index (χ0) is 14.1. The first-order valence-corrected chi connectivity index (χ1v) is 7.81. The van der Waals surface area contributed by atoms with Gasteiger partial charge in [-0.05, 0) is 42.8 Å². The first kappa shape index (κ1) is 13.7. The van der Waals surface area contributed by atoms with Crippen molar-refractivity contribution >= 4 is 38.6 Å². The van der Waals surface area contributed by atoms with Gasteiger partial charge in [0.05, 0.1) is 11.0 Å². The molecule has 2 nitrogen and oxygen atoms in total. The molecule has 0 radical (unpaired) electrons. The van der Waals surface area contributed by atoms with Gasteiger partial charge in [-0.3, -0.25) is 4.57 Å². The van der Waals surface area contributed by atoms with Gasteiger partial charge in [-0.15, -0.1) is 11.6 Å². The lowest BCUT2D eigenvalue weighted by Gasteiger charge is -2.10. The van der Waals surface area contributed by atoms with E-state index in [9.17, 15) is 0 Å². The van der Waals surface area contributed by atoms with Crippen LogP contribution in [0.15, 0.2) is 46.9 Å². The minimum atomic E-state index is 0.566. The van der Waals surface area contributed by atoms with Crippen molar-refractivity contribution in [2.24, 2.45) is 0 Å². The van der Waals surface area contributed by atoms with Crippen molar-refractivity contribution in [2.75, 3.05) is 5.88 Å². The highest BCUT2D eigenvalue weighted by atomic mass is 79.9. The molecule has 0 N–H and O–H groups in total. The summed E-state index contributed by atoms with van der Waals surface area (Å²) in [7, 11) is 0. The lowest BCUT2D eigenvalue weighted by Crippen LogP contribution is -2.02. The number of hydrogen-bond acceptors (Lipinski definition) is 1. The monoisotopic (exact) mass is 348 g/mol. The highest BCUT2D eigenvalue weighted by Crippen LogP contribution is 2.25. The first-order chi connectivity index (χ1) is 9.69. The minimum absolute atomic E-state index is 0.566. The predicted molar refractivity (Wildman–Crippen MR) is 87.9 cm³/mol. The van der Waals surface area contributed by atoms with Gasteiger partial charge in [0.2, 0.25) is 0 Å². The van der Waals surface area contributed by atoms with Crippen molar-refractivity contribution in [2.45, 2.75) is 13.3 Å². The van der Waals surface area contributed by atoms with Crippen LogP contribution in [0, 0.1) is 6.92 Å². The van der Waals surface area contributed by atoms with Gasteiger partial charge in [0.25, 0.3) is 0 Å². The zero-order valence-corrected chi connectivity index (χ0v) is 13.4. The fraction of sp³-hybridized carbons (Fsp3) is 0.188. The van der Waals surface area contributed by atoms with Gasteiger partial charge >= 0.3 is 0 Å². The van der Waals surface area contributed by atoms with Crippen LogP contribution in [0.2, 0.25) is 0 Å². The highest BCUT2D eigenvalue weighted by molar-refractivity contribution is 9.10. The fourth-order valence-corrected chi connectivity index (χ4v) is 3.23. The molecule has 0 aliphatic rings. The summed E-state index contributed by atoms with van der Waals surface area (Å²) in [4.78, 5) is 4.70. The van der Waals surface area contributed by atoms with Crippen molar-refractivity contribution < 1.29 is 0 Å². The molecule has 0 saturated carbocycles. The largest absolute Gasteiger partial charge is 0.296 e. The van der Waals surface area contributed by atoms with Crippen molar-refractivity contribution in [3.63, 3.8) is 0 Å². The fourth-order valence-electron chi connectivity index (χ4n) is 2.46. The Bertz CT molecular complexity index is 744. The van der Waals surface area contributed by atoms with E-state index in [2.05, 4.69) is 51.7 Å². The Kier molecular flexibility index (Phi) is 3.81. The van der Waals surface area contributed by atoms with E-state index in [1.807, 2.05) is 18.2 Å². The lowest BCUT2D eigenvalue weighted by atomic mass is 10.2. The zero-order valence-electron chi connectivity index (χ0n) is 11.1. The molecule has 4 heteroatoms. The average molecular weight is 350 g/mol. The lowest BCUT2D eigenvalue weighted by molar-refractivity contribution is 0.911. The summed E-state index contributed by atoms with van der Waals surface area (Å²) in [6.45, 7) is 2.09. The van der Waals surface area contributed by atoms with Crippen LogP contribution in [-0.4, -0.2) is 15.4 Å². The topological polar surface area (TPSA) is 17.8 Å². The molecule has 0 fully saturated rings. The molecule has 0 amide bonds. The number of para-hydroxylation sites is 2. The van der Waals surface area contributed by atoms with Crippen LogP contribution in [0.3, 0.4) is 0 Å². The standard InChI is InChI=1S/C16H14BrClN2/c1-11-8-12(17)10-13(9-11)20-15-5-3-2-4-14(15)19-16(20)6-7-18/h2-5,8-10H,6-7H2,1H3. The molecule has 0 saturated heterocycles. The summed E-state index contributed by atoms with van der Waals surface area (Å²) in [6, 6.07) is 14.6. The molecule has 0 bridgehead atoms. The van der Waals surface area contributed by atoms with E-state index in [1.165, 1.54) is 5.56 Å². The van der Waals surface area contributed by atoms with Gasteiger partial charge in [0.1, 0.15) is 5.82 Å². The van der Waals surface area contributed by atoms with E-state index in [1.54, 1.807) is 0 Å². The molecule has 3 aromatic rings. The van der Waals surface area contributed by atoms with Crippen LogP contribution >= 0.6 is 27.5 Å². The molecule has 0 aliphatic heterocycles. The van der Waals surface area contributed by atoms with E-state index >= 15 is 0 Å². The molecule has 20 heavy (non-hydrogen) atoms. The normalized spacial score (nSPS) is 11.2. The Morgan fingerprint density at radius 1 is 1.20 bits per heavy atom. The Hall–Kier alpha value is -1.32. The summed E-state index contributed by atoms with van der Waals surface area (Å²) in [5.74, 6) is 1.56. The van der Waals surface area contributed by atoms with Crippen LogP contribution in [0.5, 0.6) is 0 Å².